The first kappa shape index (κ1) is 16.4. The Morgan fingerprint density at radius 3 is 2.78 bits per heavy atom. The van der Waals surface area contributed by atoms with Crippen LogP contribution in [0.2, 0.25) is 0 Å². The van der Waals surface area contributed by atoms with Gasteiger partial charge in [0.05, 0.1) is 18.3 Å². The molecule has 0 saturated heterocycles. The molecular formula is C16H21FN4OS. The molecule has 1 saturated carbocycles. The van der Waals surface area contributed by atoms with Crippen molar-refractivity contribution in [1.29, 1.82) is 0 Å². The molecule has 2 unspecified atom stereocenters. The van der Waals surface area contributed by atoms with Crippen LogP contribution in [-0.4, -0.2) is 30.5 Å². The first-order valence-corrected chi connectivity index (χ1v) is 8.16. The Balaban J connectivity index is 1.86. The van der Waals surface area contributed by atoms with E-state index in [2.05, 4.69) is 41.5 Å². The highest BCUT2D eigenvalue weighted by Crippen LogP contribution is 2.51. The topological polar surface area (TPSA) is 63.8 Å². The van der Waals surface area contributed by atoms with Crippen molar-refractivity contribution < 1.29 is 9.50 Å². The molecule has 0 spiro atoms. The van der Waals surface area contributed by atoms with Gasteiger partial charge in [0.15, 0.2) is 5.16 Å². The van der Waals surface area contributed by atoms with Crippen LogP contribution in [0.5, 0.6) is 0 Å². The van der Waals surface area contributed by atoms with Gasteiger partial charge in [0.25, 0.3) is 0 Å². The normalized spacial score (nSPS) is 26.6. The Kier molecular flexibility index (Phi) is 4.18. The van der Waals surface area contributed by atoms with Crippen molar-refractivity contribution in [3.05, 3.63) is 36.2 Å². The maximum atomic E-state index is 13.0. The van der Waals surface area contributed by atoms with E-state index >= 15 is 0 Å². The SMILES string of the molecule is CC1(C)CCC(Cc2ccc(F)cn2)C1(O)Cn1ncnc1S. The van der Waals surface area contributed by atoms with E-state index in [0.29, 0.717) is 18.1 Å². The Morgan fingerprint density at radius 2 is 2.17 bits per heavy atom. The van der Waals surface area contributed by atoms with Gasteiger partial charge in [0, 0.05) is 5.69 Å². The third-order valence-electron chi connectivity index (χ3n) is 5.20. The zero-order valence-corrected chi connectivity index (χ0v) is 14.2. The summed E-state index contributed by atoms with van der Waals surface area (Å²) in [5.41, 5.74) is -0.421. The van der Waals surface area contributed by atoms with E-state index in [1.165, 1.54) is 18.6 Å². The van der Waals surface area contributed by atoms with Crippen molar-refractivity contribution >= 4 is 12.6 Å². The lowest BCUT2D eigenvalue weighted by molar-refractivity contribution is -0.0924. The fourth-order valence-corrected chi connectivity index (χ4v) is 3.71. The van der Waals surface area contributed by atoms with Gasteiger partial charge in [-0.1, -0.05) is 13.8 Å². The van der Waals surface area contributed by atoms with E-state index in [-0.39, 0.29) is 17.2 Å². The molecule has 0 bridgehead atoms. The van der Waals surface area contributed by atoms with Crippen molar-refractivity contribution in [2.75, 3.05) is 0 Å². The lowest BCUT2D eigenvalue weighted by Crippen LogP contribution is -2.49. The molecule has 1 N–H and O–H groups in total. The van der Waals surface area contributed by atoms with E-state index < -0.39 is 5.60 Å². The highest BCUT2D eigenvalue weighted by atomic mass is 32.1. The summed E-state index contributed by atoms with van der Waals surface area (Å²) in [5.74, 6) is -0.328. The summed E-state index contributed by atoms with van der Waals surface area (Å²) in [5, 5.41) is 16.1. The molecule has 0 aromatic carbocycles. The summed E-state index contributed by atoms with van der Waals surface area (Å²) in [6.07, 6.45) is 5.06. The van der Waals surface area contributed by atoms with Gasteiger partial charge >= 0.3 is 0 Å². The molecule has 1 fully saturated rings. The number of rotatable bonds is 4. The van der Waals surface area contributed by atoms with Crippen molar-refractivity contribution in [3.8, 4) is 0 Å². The molecule has 2 aromatic rings. The molecule has 124 valence electrons. The molecule has 0 amide bonds. The number of nitrogens with zero attached hydrogens (tertiary/aromatic N) is 4. The highest BCUT2D eigenvalue weighted by molar-refractivity contribution is 7.80. The van der Waals surface area contributed by atoms with E-state index in [1.807, 2.05) is 0 Å². The molecule has 3 rings (SSSR count). The quantitative estimate of drug-likeness (QED) is 0.842. The fraction of sp³-hybridized carbons (Fsp3) is 0.562. The van der Waals surface area contributed by atoms with Gasteiger partial charge in [-0.3, -0.25) is 4.98 Å². The molecule has 1 aliphatic carbocycles. The summed E-state index contributed by atoms with van der Waals surface area (Å²) < 4.78 is 14.7. The van der Waals surface area contributed by atoms with E-state index in [1.54, 1.807) is 10.7 Å². The molecule has 2 atom stereocenters. The van der Waals surface area contributed by atoms with Crippen LogP contribution in [0.25, 0.3) is 0 Å². The molecule has 1 aliphatic rings. The molecular weight excluding hydrogens is 315 g/mol. The lowest BCUT2D eigenvalue weighted by Gasteiger charge is -2.40. The Bertz CT molecular complexity index is 688. The van der Waals surface area contributed by atoms with E-state index in [4.69, 9.17) is 0 Å². The van der Waals surface area contributed by atoms with Crippen LogP contribution in [0, 0.1) is 17.2 Å². The summed E-state index contributed by atoms with van der Waals surface area (Å²) in [6, 6.07) is 3.09. The minimum absolute atomic E-state index is 0.0207. The maximum absolute atomic E-state index is 13.0. The Labute approximate surface area is 140 Å². The third kappa shape index (κ3) is 2.99. The first-order chi connectivity index (χ1) is 10.8. The van der Waals surface area contributed by atoms with Crippen molar-refractivity contribution in [3.63, 3.8) is 0 Å². The summed E-state index contributed by atoms with van der Waals surface area (Å²) in [4.78, 5) is 8.14. The van der Waals surface area contributed by atoms with Crippen LogP contribution >= 0.6 is 12.6 Å². The van der Waals surface area contributed by atoms with Crippen LogP contribution < -0.4 is 0 Å². The molecule has 2 heterocycles. The second-order valence-electron chi connectivity index (χ2n) is 6.93. The van der Waals surface area contributed by atoms with Crippen LogP contribution in [0.15, 0.2) is 29.8 Å². The number of hydrogen-bond donors (Lipinski definition) is 2. The van der Waals surface area contributed by atoms with Gasteiger partial charge < -0.3 is 5.11 Å². The highest BCUT2D eigenvalue weighted by Gasteiger charge is 2.54. The fourth-order valence-electron chi connectivity index (χ4n) is 3.53. The van der Waals surface area contributed by atoms with E-state index in [9.17, 15) is 9.50 Å². The van der Waals surface area contributed by atoms with E-state index in [0.717, 1.165) is 18.5 Å². The zero-order valence-electron chi connectivity index (χ0n) is 13.3. The first-order valence-electron chi connectivity index (χ1n) is 7.71. The largest absolute Gasteiger partial charge is 0.387 e. The van der Waals surface area contributed by atoms with Crippen LogP contribution in [0.3, 0.4) is 0 Å². The van der Waals surface area contributed by atoms with Crippen LogP contribution in [0.1, 0.15) is 32.4 Å². The summed E-state index contributed by atoms with van der Waals surface area (Å²) in [7, 11) is 0. The molecule has 23 heavy (non-hydrogen) atoms. The van der Waals surface area contributed by atoms with Crippen molar-refractivity contribution in [2.45, 2.75) is 50.4 Å². The summed E-state index contributed by atoms with van der Waals surface area (Å²) in [6.45, 7) is 4.48. The molecule has 0 aliphatic heterocycles. The van der Waals surface area contributed by atoms with Gasteiger partial charge in [-0.2, -0.15) is 5.10 Å². The van der Waals surface area contributed by atoms with Gasteiger partial charge in [-0.05, 0) is 42.7 Å². The van der Waals surface area contributed by atoms with Crippen LogP contribution in [0.4, 0.5) is 4.39 Å². The standard InChI is InChI=1S/C16H21FN4OS/c1-15(2)6-5-11(7-13-4-3-12(17)8-18-13)16(15,22)9-21-14(23)19-10-20-21/h3-4,8,10-11,22H,5-7,9H2,1-2H3,(H,19,20,23). The second kappa shape index (κ2) is 5.87. The van der Waals surface area contributed by atoms with Crippen molar-refractivity contribution in [1.82, 2.24) is 19.7 Å². The molecule has 2 aromatic heterocycles. The minimum Gasteiger partial charge on any atom is -0.387 e. The van der Waals surface area contributed by atoms with Gasteiger partial charge in [0.2, 0.25) is 0 Å². The Morgan fingerprint density at radius 1 is 1.39 bits per heavy atom. The number of pyridine rings is 1. The smallest absolute Gasteiger partial charge is 0.183 e. The third-order valence-corrected chi connectivity index (χ3v) is 5.54. The zero-order chi connectivity index (χ0) is 16.7. The number of halogens is 1. The number of aromatic nitrogens is 4. The maximum Gasteiger partial charge on any atom is 0.183 e. The molecule has 5 nitrogen and oxygen atoms in total. The predicted octanol–water partition coefficient (Wildman–Crippen LogP) is 2.51. The van der Waals surface area contributed by atoms with Crippen LogP contribution in [-0.2, 0) is 13.0 Å². The van der Waals surface area contributed by atoms with Gasteiger partial charge in [-0.25, -0.2) is 14.1 Å². The monoisotopic (exact) mass is 336 g/mol. The van der Waals surface area contributed by atoms with Gasteiger partial charge in [0.1, 0.15) is 12.1 Å². The number of aliphatic hydroxyl groups is 1. The summed E-state index contributed by atoms with van der Waals surface area (Å²) >= 11 is 4.28. The lowest BCUT2D eigenvalue weighted by atomic mass is 9.73. The average Bonchev–Trinajstić information content (AvgIpc) is 2.98. The number of hydrogen-bond acceptors (Lipinski definition) is 5. The second-order valence-corrected chi connectivity index (χ2v) is 7.33. The van der Waals surface area contributed by atoms with Crippen molar-refractivity contribution in [2.24, 2.45) is 11.3 Å². The average molecular weight is 336 g/mol. The minimum atomic E-state index is -0.950. The Hall–Kier alpha value is -1.47. The predicted molar refractivity (Wildman–Crippen MR) is 86.6 cm³/mol. The number of thiol groups is 1. The molecule has 7 heteroatoms. The molecule has 0 radical (unpaired) electrons. The van der Waals surface area contributed by atoms with Gasteiger partial charge in [-0.15, -0.1) is 12.6 Å².